The predicted molar refractivity (Wildman–Crippen MR) is 71.7 cm³/mol. The van der Waals surface area contributed by atoms with Crippen LogP contribution in [0.5, 0.6) is 0 Å². The molecule has 0 aliphatic rings. The van der Waals surface area contributed by atoms with Crippen molar-refractivity contribution in [2.75, 3.05) is 7.05 Å². The first-order valence-corrected chi connectivity index (χ1v) is 6.71. The van der Waals surface area contributed by atoms with Crippen molar-refractivity contribution in [3.63, 3.8) is 0 Å². The Kier molecular flexibility index (Phi) is 4.49. The summed E-state index contributed by atoms with van der Waals surface area (Å²) in [5, 5.41) is 11.9. The summed E-state index contributed by atoms with van der Waals surface area (Å²) in [6.45, 7) is 4.21. The molecule has 1 atom stereocenters. The van der Waals surface area contributed by atoms with E-state index < -0.39 is 0 Å². The van der Waals surface area contributed by atoms with Crippen molar-refractivity contribution in [1.82, 2.24) is 24.9 Å². The van der Waals surface area contributed by atoms with Gasteiger partial charge >= 0.3 is 0 Å². The van der Waals surface area contributed by atoms with Gasteiger partial charge in [0.05, 0.1) is 6.54 Å². The lowest BCUT2D eigenvalue weighted by molar-refractivity contribution is -0.134. The van der Waals surface area contributed by atoms with Crippen molar-refractivity contribution in [1.29, 1.82) is 0 Å². The maximum atomic E-state index is 12.4. The third-order valence-electron chi connectivity index (χ3n) is 3.08. The van der Waals surface area contributed by atoms with E-state index in [0.717, 1.165) is 0 Å². The van der Waals surface area contributed by atoms with Crippen LogP contribution in [0.2, 0.25) is 0 Å². The lowest BCUT2D eigenvalue weighted by Gasteiger charge is -2.21. The number of hydrogen-bond donors (Lipinski definition) is 0. The summed E-state index contributed by atoms with van der Waals surface area (Å²) in [5.74, 6) is 1.01. The zero-order valence-corrected chi connectivity index (χ0v) is 12.0. The Morgan fingerprint density at radius 1 is 1.40 bits per heavy atom. The molecule has 2 aromatic heterocycles. The van der Waals surface area contributed by atoms with Gasteiger partial charge in [-0.25, -0.2) is 0 Å². The van der Waals surface area contributed by atoms with E-state index in [9.17, 15) is 4.79 Å². The molecule has 0 aliphatic heterocycles. The second-order valence-corrected chi connectivity index (χ2v) is 4.55. The minimum Gasteiger partial charge on any atom is -0.423 e. The highest BCUT2D eigenvalue weighted by atomic mass is 16.4. The summed E-state index contributed by atoms with van der Waals surface area (Å²) in [6.07, 6.45) is 4.83. The second-order valence-electron chi connectivity index (χ2n) is 4.55. The third kappa shape index (κ3) is 3.04. The molecule has 7 heteroatoms. The van der Waals surface area contributed by atoms with Crippen LogP contribution in [0.4, 0.5) is 0 Å². The van der Waals surface area contributed by atoms with Gasteiger partial charge in [-0.15, -0.1) is 10.2 Å². The molecule has 2 rings (SSSR count). The maximum absolute atomic E-state index is 12.4. The molecule has 0 spiro atoms. The van der Waals surface area contributed by atoms with Crippen molar-refractivity contribution in [3.05, 3.63) is 30.2 Å². The number of amides is 1. The van der Waals surface area contributed by atoms with Crippen LogP contribution in [0.25, 0.3) is 0 Å². The quantitative estimate of drug-likeness (QED) is 0.798. The molecule has 0 N–H and O–H groups in total. The molecule has 20 heavy (non-hydrogen) atoms. The fraction of sp³-hybridized carbons (Fsp3) is 0.538. The van der Waals surface area contributed by atoms with Gasteiger partial charge in [-0.1, -0.05) is 13.8 Å². The van der Waals surface area contributed by atoms with Crippen molar-refractivity contribution >= 4 is 5.91 Å². The van der Waals surface area contributed by atoms with Gasteiger partial charge in [-0.05, 0) is 12.5 Å². The number of likely N-dealkylation sites (N-methyl/N-ethyl adjacent to an activating group) is 1. The van der Waals surface area contributed by atoms with Gasteiger partial charge in [0.2, 0.25) is 17.7 Å². The van der Waals surface area contributed by atoms with Gasteiger partial charge in [-0.2, -0.15) is 5.10 Å². The van der Waals surface area contributed by atoms with Crippen LogP contribution in [0.15, 0.2) is 22.9 Å². The average molecular weight is 277 g/mol. The van der Waals surface area contributed by atoms with Crippen LogP contribution in [0.1, 0.15) is 38.1 Å². The SMILES string of the molecule is CCc1nnc(CN(C)C(=O)[C@@H](CC)n2cccn2)o1. The number of aryl methyl sites for hydroxylation is 1. The van der Waals surface area contributed by atoms with Crippen molar-refractivity contribution in [2.24, 2.45) is 0 Å². The molecule has 108 valence electrons. The van der Waals surface area contributed by atoms with E-state index in [1.807, 2.05) is 19.9 Å². The molecule has 0 saturated carbocycles. The molecule has 2 aromatic rings. The van der Waals surface area contributed by atoms with E-state index >= 15 is 0 Å². The van der Waals surface area contributed by atoms with Crippen LogP contribution in [0, 0.1) is 0 Å². The molecule has 0 bridgehead atoms. The topological polar surface area (TPSA) is 77.1 Å². The number of carbonyl (C=O) groups is 1. The highest BCUT2D eigenvalue weighted by Gasteiger charge is 2.23. The predicted octanol–water partition coefficient (Wildman–Crippen LogP) is 1.44. The van der Waals surface area contributed by atoms with Crippen LogP contribution in [-0.4, -0.2) is 37.8 Å². The molecule has 2 heterocycles. The summed E-state index contributed by atoms with van der Waals surface area (Å²) in [6, 6.07) is 1.50. The summed E-state index contributed by atoms with van der Waals surface area (Å²) < 4.78 is 7.09. The van der Waals surface area contributed by atoms with Gasteiger partial charge in [0.1, 0.15) is 6.04 Å². The Hall–Kier alpha value is -2.18. The van der Waals surface area contributed by atoms with Crippen LogP contribution >= 0.6 is 0 Å². The first-order valence-electron chi connectivity index (χ1n) is 6.71. The molecule has 1 amide bonds. The van der Waals surface area contributed by atoms with Crippen molar-refractivity contribution in [3.8, 4) is 0 Å². The maximum Gasteiger partial charge on any atom is 0.247 e. The van der Waals surface area contributed by atoms with Gasteiger partial charge in [-0.3, -0.25) is 9.48 Å². The van der Waals surface area contributed by atoms with Gasteiger partial charge < -0.3 is 9.32 Å². The van der Waals surface area contributed by atoms with Gasteiger partial charge in [0.25, 0.3) is 0 Å². The molecular weight excluding hydrogens is 258 g/mol. The zero-order chi connectivity index (χ0) is 14.5. The molecular formula is C13H19N5O2. The summed E-state index contributed by atoms with van der Waals surface area (Å²) >= 11 is 0. The number of carbonyl (C=O) groups excluding carboxylic acids is 1. The number of rotatable bonds is 6. The monoisotopic (exact) mass is 277 g/mol. The van der Waals surface area contributed by atoms with Crippen molar-refractivity contribution < 1.29 is 9.21 Å². The van der Waals surface area contributed by atoms with E-state index in [0.29, 0.717) is 31.2 Å². The fourth-order valence-corrected chi connectivity index (χ4v) is 1.97. The molecule has 0 radical (unpaired) electrons. The first kappa shape index (κ1) is 14.2. The largest absolute Gasteiger partial charge is 0.423 e. The van der Waals surface area contributed by atoms with E-state index in [-0.39, 0.29) is 11.9 Å². The average Bonchev–Trinajstić information content (AvgIpc) is 3.10. The molecule has 0 aromatic carbocycles. The highest BCUT2D eigenvalue weighted by Crippen LogP contribution is 2.14. The van der Waals surface area contributed by atoms with Crippen LogP contribution in [0.3, 0.4) is 0 Å². The number of aromatic nitrogens is 4. The standard InChI is InChI=1S/C13H19N5O2/c1-4-10(18-8-6-7-14-18)13(19)17(3)9-12-16-15-11(5-2)20-12/h6-8,10H,4-5,9H2,1-3H3/t10-/m1/s1. The van der Waals surface area contributed by atoms with Crippen molar-refractivity contribution in [2.45, 2.75) is 39.3 Å². The second kappa shape index (κ2) is 6.31. The summed E-state index contributed by atoms with van der Waals surface area (Å²) in [5.41, 5.74) is 0. The summed E-state index contributed by atoms with van der Waals surface area (Å²) in [7, 11) is 1.73. The highest BCUT2D eigenvalue weighted by molar-refractivity contribution is 5.79. The number of nitrogens with zero attached hydrogens (tertiary/aromatic N) is 5. The molecule has 0 saturated heterocycles. The first-order chi connectivity index (χ1) is 9.65. The Balaban J connectivity index is 2.03. The van der Waals surface area contributed by atoms with E-state index in [4.69, 9.17) is 4.42 Å². The Labute approximate surface area is 117 Å². The fourth-order valence-electron chi connectivity index (χ4n) is 1.97. The minimum absolute atomic E-state index is 0.0209. The summed E-state index contributed by atoms with van der Waals surface area (Å²) in [4.78, 5) is 14.0. The number of hydrogen-bond acceptors (Lipinski definition) is 5. The lowest BCUT2D eigenvalue weighted by Crippen LogP contribution is -2.34. The lowest BCUT2D eigenvalue weighted by atomic mass is 10.2. The van der Waals surface area contributed by atoms with Crippen LogP contribution in [-0.2, 0) is 17.8 Å². The Bertz CT molecular complexity index is 549. The zero-order valence-electron chi connectivity index (χ0n) is 12.0. The minimum atomic E-state index is -0.302. The van der Waals surface area contributed by atoms with E-state index in [2.05, 4.69) is 15.3 Å². The normalized spacial score (nSPS) is 12.3. The third-order valence-corrected chi connectivity index (χ3v) is 3.08. The molecule has 0 fully saturated rings. The van der Waals surface area contributed by atoms with Gasteiger partial charge in [0, 0.05) is 25.9 Å². The van der Waals surface area contributed by atoms with E-state index in [1.165, 1.54) is 0 Å². The smallest absolute Gasteiger partial charge is 0.247 e. The van der Waals surface area contributed by atoms with Gasteiger partial charge in [0.15, 0.2) is 0 Å². The molecule has 0 aliphatic carbocycles. The Morgan fingerprint density at radius 3 is 2.70 bits per heavy atom. The van der Waals surface area contributed by atoms with E-state index in [1.54, 1.807) is 29.0 Å². The van der Waals surface area contributed by atoms with Crippen LogP contribution < -0.4 is 0 Å². The molecule has 7 nitrogen and oxygen atoms in total. The molecule has 0 unspecified atom stereocenters. The Morgan fingerprint density at radius 2 is 2.15 bits per heavy atom.